The van der Waals surface area contributed by atoms with Crippen LogP contribution in [0.25, 0.3) is 0 Å². The molecule has 0 aliphatic carbocycles. The SMILES string of the molecule is C=CS(=C)CC. The summed E-state index contributed by atoms with van der Waals surface area (Å²) in [5, 5.41) is 1.89. The highest BCUT2D eigenvalue weighted by Gasteiger charge is 1.69. The van der Waals surface area contributed by atoms with Gasteiger partial charge in [0.15, 0.2) is 0 Å². The van der Waals surface area contributed by atoms with Gasteiger partial charge in [-0.1, -0.05) is 19.4 Å². The second kappa shape index (κ2) is 3.16. The zero-order valence-corrected chi connectivity index (χ0v) is 4.92. The molecule has 0 saturated carbocycles. The Balaban J connectivity index is 3.23. The van der Waals surface area contributed by atoms with E-state index >= 15 is 0 Å². The van der Waals surface area contributed by atoms with Crippen LogP contribution in [0, 0.1) is 0 Å². The standard InChI is InChI=1S/C5H10S/c1-4-6(3)5-2/h4H,1,3,5H2,2H3. The average Bonchev–Trinajstić information content (AvgIpc) is 1.65. The van der Waals surface area contributed by atoms with Crippen LogP contribution in [0.2, 0.25) is 0 Å². The molecule has 36 valence electrons. The molecule has 1 heteroatoms. The highest BCUT2D eigenvalue weighted by Crippen LogP contribution is 2.05. The van der Waals surface area contributed by atoms with Crippen molar-refractivity contribution in [3.8, 4) is 0 Å². The van der Waals surface area contributed by atoms with Crippen LogP contribution in [0.1, 0.15) is 6.92 Å². The van der Waals surface area contributed by atoms with E-state index in [4.69, 9.17) is 0 Å². The molecule has 0 saturated heterocycles. The van der Waals surface area contributed by atoms with Crippen LogP contribution in [0.5, 0.6) is 0 Å². The summed E-state index contributed by atoms with van der Waals surface area (Å²) in [6, 6.07) is 0. The predicted molar refractivity (Wildman–Crippen MR) is 35.5 cm³/mol. The fourth-order valence-corrected chi connectivity index (χ4v) is 0.354. The van der Waals surface area contributed by atoms with Gasteiger partial charge in [0.25, 0.3) is 0 Å². The zero-order chi connectivity index (χ0) is 4.99. The van der Waals surface area contributed by atoms with Crippen LogP contribution < -0.4 is 0 Å². The van der Waals surface area contributed by atoms with Crippen molar-refractivity contribution in [3.05, 3.63) is 12.0 Å². The molecule has 0 bridgehead atoms. The van der Waals surface area contributed by atoms with Crippen LogP contribution in [0.15, 0.2) is 12.0 Å². The lowest BCUT2D eigenvalue weighted by atomic mass is 11.0. The smallest absolute Gasteiger partial charge is 0.0113 e. The first-order chi connectivity index (χ1) is 2.81. The molecular formula is C5H10S. The summed E-state index contributed by atoms with van der Waals surface area (Å²) in [5.74, 6) is 4.91. The van der Waals surface area contributed by atoms with E-state index in [0.717, 1.165) is 5.75 Å². The van der Waals surface area contributed by atoms with E-state index in [1.54, 1.807) is 0 Å². The fourth-order valence-electron chi connectivity index (χ4n) is 0.118. The van der Waals surface area contributed by atoms with Crippen molar-refractivity contribution in [1.82, 2.24) is 0 Å². The van der Waals surface area contributed by atoms with E-state index in [1.165, 1.54) is 0 Å². The molecule has 0 aliphatic heterocycles. The van der Waals surface area contributed by atoms with Gasteiger partial charge in [-0.3, -0.25) is 0 Å². The second-order valence-corrected chi connectivity index (χ2v) is 2.98. The summed E-state index contributed by atoms with van der Waals surface area (Å²) in [5.41, 5.74) is 0. The minimum atomic E-state index is 0.230. The zero-order valence-electron chi connectivity index (χ0n) is 4.11. The highest BCUT2D eigenvalue weighted by molar-refractivity contribution is 8.16. The lowest BCUT2D eigenvalue weighted by molar-refractivity contribution is 1.53. The molecule has 1 unspecified atom stereocenters. The van der Waals surface area contributed by atoms with E-state index in [1.807, 2.05) is 5.41 Å². The van der Waals surface area contributed by atoms with E-state index in [9.17, 15) is 0 Å². The molecule has 0 N–H and O–H groups in total. The van der Waals surface area contributed by atoms with Crippen molar-refractivity contribution in [2.45, 2.75) is 6.92 Å². The quantitative estimate of drug-likeness (QED) is 0.467. The minimum absolute atomic E-state index is 0.230. The summed E-state index contributed by atoms with van der Waals surface area (Å²) in [7, 11) is 0.230. The minimum Gasteiger partial charge on any atom is -0.170 e. The van der Waals surface area contributed by atoms with Gasteiger partial charge in [0.2, 0.25) is 0 Å². The van der Waals surface area contributed by atoms with Gasteiger partial charge in [-0.25, -0.2) is 0 Å². The van der Waals surface area contributed by atoms with Crippen LogP contribution in [0.4, 0.5) is 0 Å². The Morgan fingerprint density at radius 1 is 1.83 bits per heavy atom. The molecule has 0 rings (SSSR count). The number of hydrogen-bond acceptors (Lipinski definition) is 0. The van der Waals surface area contributed by atoms with Gasteiger partial charge in [0.1, 0.15) is 0 Å². The van der Waals surface area contributed by atoms with Crippen molar-refractivity contribution >= 4 is 16.4 Å². The fraction of sp³-hybridized carbons (Fsp3) is 0.400. The van der Waals surface area contributed by atoms with Crippen molar-refractivity contribution in [3.63, 3.8) is 0 Å². The van der Waals surface area contributed by atoms with Crippen molar-refractivity contribution in [1.29, 1.82) is 0 Å². The Labute approximate surface area is 41.8 Å². The molecular weight excluding hydrogens is 92.1 g/mol. The van der Waals surface area contributed by atoms with E-state index in [-0.39, 0.29) is 10.5 Å². The van der Waals surface area contributed by atoms with Gasteiger partial charge in [-0.2, -0.15) is 10.5 Å². The first-order valence-electron chi connectivity index (χ1n) is 1.93. The molecule has 6 heavy (non-hydrogen) atoms. The summed E-state index contributed by atoms with van der Waals surface area (Å²) in [6.45, 7) is 5.69. The van der Waals surface area contributed by atoms with Crippen LogP contribution in [-0.2, 0) is 0 Å². The lowest BCUT2D eigenvalue weighted by Crippen LogP contribution is -1.61. The highest BCUT2D eigenvalue weighted by atomic mass is 32.2. The van der Waals surface area contributed by atoms with Crippen molar-refractivity contribution in [2.75, 3.05) is 5.75 Å². The third-order valence-corrected chi connectivity index (χ3v) is 1.82. The van der Waals surface area contributed by atoms with E-state index in [0.29, 0.717) is 0 Å². The van der Waals surface area contributed by atoms with Crippen molar-refractivity contribution < 1.29 is 0 Å². The largest absolute Gasteiger partial charge is 0.170 e. The van der Waals surface area contributed by atoms with Gasteiger partial charge in [0, 0.05) is 0 Å². The maximum absolute atomic E-state index is 3.78. The van der Waals surface area contributed by atoms with Gasteiger partial charge < -0.3 is 0 Å². The molecule has 1 atom stereocenters. The van der Waals surface area contributed by atoms with Gasteiger partial charge in [-0.05, 0) is 11.2 Å². The Hall–Kier alpha value is -0.0400. The number of rotatable bonds is 2. The number of hydrogen-bond donors (Lipinski definition) is 0. The summed E-state index contributed by atoms with van der Waals surface area (Å²) < 4.78 is 0. The molecule has 0 aromatic heterocycles. The summed E-state index contributed by atoms with van der Waals surface area (Å²) >= 11 is 0. The average molecular weight is 102 g/mol. The Bertz CT molecular complexity index is 64.3. The lowest BCUT2D eigenvalue weighted by Gasteiger charge is -1.86. The van der Waals surface area contributed by atoms with E-state index < -0.39 is 0 Å². The molecule has 0 heterocycles. The monoisotopic (exact) mass is 102 g/mol. The van der Waals surface area contributed by atoms with Gasteiger partial charge >= 0.3 is 0 Å². The maximum atomic E-state index is 3.78. The molecule has 0 aliphatic rings. The third kappa shape index (κ3) is 2.21. The summed E-state index contributed by atoms with van der Waals surface area (Å²) in [6.07, 6.45) is 0. The topological polar surface area (TPSA) is 0 Å². The second-order valence-electron chi connectivity index (χ2n) is 0.993. The van der Waals surface area contributed by atoms with Gasteiger partial charge in [-0.15, -0.1) is 0 Å². The Morgan fingerprint density at radius 2 is 2.33 bits per heavy atom. The summed E-state index contributed by atoms with van der Waals surface area (Å²) in [4.78, 5) is 0. The molecule has 0 spiro atoms. The molecule has 0 radical (unpaired) electrons. The molecule has 0 aromatic rings. The Kier molecular flexibility index (Phi) is 3.14. The normalized spacial score (nSPS) is 13.5. The van der Waals surface area contributed by atoms with Gasteiger partial charge in [0.05, 0.1) is 0 Å². The predicted octanol–water partition coefficient (Wildman–Crippen LogP) is 1.85. The van der Waals surface area contributed by atoms with E-state index in [2.05, 4.69) is 19.4 Å². The van der Waals surface area contributed by atoms with Crippen LogP contribution >= 0.6 is 10.5 Å². The Morgan fingerprint density at radius 3 is 2.33 bits per heavy atom. The first-order valence-corrected chi connectivity index (χ1v) is 3.55. The van der Waals surface area contributed by atoms with Crippen LogP contribution in [0.3, 0.4) is 0 Å². The molecule has 0 aromatic carbocycles. The van der Waals surface area contributed by atoms with Crippen molar-refractivity contribution in [2.24, 2.45) is 0 Å². The first kappa shape index (κ1) is 5.96. The third-order valence-electron chi connectivity index (χ3n) is 0.606. The maximum Gasteiger partial charge on any atom is -0.0113 e. The molecule has 0 amide bonds. The molecule has 0 nitrogen and oxygen atoms in total. The van der Waals surface area contributed by atoms with Crippen LogP contribution in [-0.4, -0.2) is 11.6 Å². The molecule has 0 fully saturated rings.